The predicted molar refractivity (Wildman–Crippen MR) is 74.3 cm³/mol. The highest BCUT2D eigenvalue weighted by atomic mass is 35.5. The lowest BCUT2D eigenvalue weighted by Crippen LogP contribution is -2.46. The van der Waals surface area contributed by atoms with E-state index in [0.717, 1.165) is 18.6 Å². The second-order valence-electron chi connectivity index (χ2n) is 6.33. The van der Waals surface area contributed by atoms with E-state index in [2.05, 4.69) is 25.9 Å². The molecular weight excluding hydrogens is 266 g/mol. The Kier molecular flexibility index (Phi) is 4.09. The van der Waals surface area contributed by atoms with Gasteiger partial charge >= 0.3 is 5.97 Å². The van der Waals surface area contributed by atoms with Gasteiger partial charge < -0.3 is 9.57 Å². The molecule has 0 aromatic rings. The highest BCUT2D eigenvalue weighted by molar-refractivity contribution is 6.17. The van der Waals surface area contributed by atoms with E-state index < -0.39 is 5.60 Å². The molecule has 0 aromatic carbocycles. The summed E-state index contributed by atoms with van der Waals surface area (Å²) < 4.78 is 5.31. The number of hydrogen-bond donors (Lipinski definition) is 0. The molecule has 0 spiro atoms. The first kappa shape index (κ1) is 14.6. The maximum Gasteiger partial charge on any atom is 0.354 e. The molecule has 1 heterocycles. The Balaban J connectivity index is 2.10. The third-order valence-electron chi connectivity index (χ3n) is 3.87. The van der Waals surface area contributed by atoms with Crippen molar-refractivity contribution in [3.05, 3.63) is 0 Å². The Hall–Kier alpha value is -0.770. The number of carbonyl (C=O) groups is 1. The first-order valence-electron chi connectivity index (χ1n) is 6.91. The number of nitrogens with zero attached hydrogens (tertiary/aromatic N) is 1. The molecular formula is C14H22ClNO3. The number of hydrogen-bond acceptors (Lipinski definition) is 4. The van der Waals surface area contributed by atoms with Crippen LogP contribution in [0.4, 0.5) is 0 Å². The number of rotatable bonds is 4. The average Bonchev–Trinajstić information content (AvgIpc) is 2.85. The number of ether oxygens (including phenoxy) is 1. The molecule has 0 bridgehead atoms. The molecule has 2 unspecified atom stereocenters. The Morgan fingerprint density at radius 2 is 2.32 bits per heavy atom. The minimum atomic E-state index is -0.866. The minimum Gasteiger partial charge on any atom is -0.463 e. The average molecular weight is 288 g/mol. The molecule has 108 valence electrons. The van der Waals surface area contributed by atoms with Crippen LogP contribution in [-0.2, 0) is 14.4 Å². The third kappa shape index (κ3) is 2.60. The van der Waals surface area contributed by atoms with Crippen LogP contribution in [0.3, 0.4) is 0 Å². The Morgan fingerprint density at radius 3 is 2.95 bits per heavy atom. The number of oxime groups is 1. The van der Waals surface area contributed by atoms with E-state index in [9.17, 15) is 4.79 Å². The van der Waals surface area contributed by atoms with Crippen molar-refractivity contribution >= 4 is 23.3 Å². The number of fused-ring (bicyclic) bond motifs is 1. The third-order valence-corrected chi connectivity index (χ3v) is 4.13. The predicted octanol–water partition coefficient (Wildman–Crippen LogP) is 3.13. The van der Waals surface area contributed by atoms with Gasteiger partial charge in [0, 0.05) is 17.7 Å². The second-order valence-corrected chi connectivity index (χ2v) is 6.71. The zero-order valence-corrected chi connectivity index (χ0v) is 12.6. The molecule has 1 aliphatic heterocycles. The van der Waals surface area contributed by atoms with Crippen molar-refractivity contribution in [2.45, 2.75) is 52.1 Å². The van der Waals surface area contributed by atoms with E-state index in [0.29, 0.717) is 25.3 Å². The largest absolute Gasteiger partial charge is 0.463 e. The van der Waals surface area contributed by atoms with Crippen LogP contribution in [0.5, 0.6) is 0 Å². The number of esters is 1. The summed E-state index contributed by atoms with van der Waals surface area (Å²) in [7, 11) is 0. The van der Waals surface area contributed by atoms with Crippen LogP contribution < -0.4 is 0 Å². The molecule has 19 heavy (non-hydrogen) atoms. The highest BCUT2D eigenvalue weighted by Crippen LogP contribution is 2.48. The number of carbonyl (C=O) groups excluding carboxylic acids is 1. The van der Waals surface area contributed by atoms with Crippen molar-refractivity contribution in [1.82, 2.24) is 0 Å². The molecule has 5 heteroatoms. The normalized spacial score (nSPS) is 29.7. The molecule has 2 aliphatic rings. The van der Waals surface area contributed by atoms with E-state index >= 15 is 0 Å². The van der Waals surface area contributed by atoms with Gasteiger partial charge in [0.25, 0.3) is 0 Å². The monoisotopic (exact) mass is 287 g/mol. The van der Waals surface area contributed by atoms with Crippen LogP contribution in [0, 0.1) is 11.3 Å². The summed E-state index contributed by atoms with van der Waals surface area (Å²) >= 11 is 5.59. The SMILES string of the molecule is CC(C)(C)C1=NOC2(C(=O)OCCCCl)CCCC12. The zero-order chi connectivity index (χ0) is 14.1. The van der Waals surface area contributed by atoms with E-state index in [4.69, 9.17) is 21.2 Å². The Morgan fingerprint density at radius 1 is 1.58 bits per heavy atom. The van der Waals surface area contributed by atoms with Gasteiger partial charge in [-0.25, -0.2) is 4.79 Å². The molecule has 2 rings (SSSR count). The van der Waals surface area contributed by atoms with E-state index in [-0.39, 0.29) is 17.3 Å². The summed E-state index contributed by atoms with van der Waals surface area (Å²) in [5, 5.41) is 4.20. The van der Waals surface area contributed by atoms with Gasteiger partial charge in [-0.2, -0.15) is 0 Å². The summed E-state index contributed by atoms with van der Waals surface area (Å²) in [6.07, 6.45) is 3.28. The topological polar surface area (TPSA) is 47.9 Å². The lowest BCUT2D eigenvalue weighted by Gasteiger charge is -2.27. The fraction of sp³-hybridized carbons (Fsp3) is 0.857. The van der Waals surface area contributed by atoms with Crippen LogP contribution in [0.2, 0.25) is 0 Å². The number of halogens is 1. The summed E-state index contributed by atoms with van der Waals surface area (Å²) in [5.74, 6) is 0.285. The fourth-order valence-corrected chi connectivity index (χ4v) is 3.03. The van der Waals surface area contributed by atoms with Crippen LogP contribution >= 0.6 is 11.6 Å². The fourth-order valence-electron chi connectivity index (χ4n) is 2.92. The van der Waals surface area contributed by atoms with Crippen LogP contribution in [0.15, 0.2) is 5.16 Å². The Labute approximate surface area is 119 Å². The molecule has 1 saturated carbocycles. The van der Waals surface area contributed by atoms with Crippen molar-refractivity contribution in [3.8, 4) is 0 Å². The van der Waals surface area contributed by atoms with Gasteiger partial charge in [0.05, 0.1) is 18.2 Å². The van der Waals surface area contributed by atoms with Gasteiger partial charge in [-0.1, -0.05) is 25.9 Å². The van der Waals surface area contributed by atoms with Crippen molar-refractivity contribution in [3.63, 3.8) is 0 Å². The van der Waals surface area contributed by atoms with E-state index in [1.54, 1.807) is 0 Å². The maximum absolute atomic E-state index is 12.3. The lowest BCUT2D eigenvalue weighted by molar-refractivity contribution is -0.171. The van der Waals surface area contributed by atoms with Crippen LogP contribution in [0.1, 0.15) is 46.5 Å². The summed E-state index contributed by atoms with van der Waals surface area (Å²) in [6.45, 7) is 6.65. The van der Waals surface area contributed by atoms with E-state index in [1.807, 2.05) is 0 Å². The molecule has 0 saturated heterocycles. The summed E-state index contributed by atoms with van der Waals surface area (Å²) in [4.78, 5) is 17.9. The molecule has 4 nitrogen and oxygen atoms in total. The quantitative estimate of drug-likeness (QED) is 0.453. The molecule has 0 N–H and O–H groups in total. The first-order chi connectivity index (χ1) is 8.92. The standard InChI is InChI=1S/C14H22ClNO3/c1-13(2,3)11-10-6-4-7-14(10,19-16-11)12(17)18-9-5-8-15/h10H,4-9H2,1-3H3. The van der Waals surface area contributed by atoms with Crippen molar-refractivity contribution in [2.75, 3.05) is 12.5 Å². The van der Waals surface area contributed by atoms with E-state index in [1.165, 1.54) is 0 Å². The number of alkyl halides is 1. The maximum atomic E-state index is 12.3. The smallest absolute Gasteiger partial charge is 0.354 e. The van der Waals surface area contributed by atoms with Gasteiger partial charge in [-0.3, -0.25) is 0 Å². The summed E-state index contributed by atoms with van der Waals surface area (Å²) in [6, 6.07) is 0. The molecule has 0 amide bonds. The molecule has 1 aliphatic carbocycles. The van der Waals surface area contributed by atoms with Crippen molar-refractivity contribution in [1.29, 1.82) is 0 Å². The molecule has 1 fully saturated rings. The highest BCUT2D eigenvalue weighted by Gasteiger charge is 2.60. The molecule has 2 atom stereocenters. The summed E-state index contributed by atoms with van der Waals surface area (Å²) in [5.41, 5.74) is 0.0431. The van der Waals surface area contributed by atoms with Crippen LogP contribution in [0.25, 0.3) is 0 Å². The molecule has 0 radical (unpaired) electrons. The van der Waals surface area contributed by atoms with Crippen LogP contribution in [-0.4, -0.2) is 29.8 Å². The van der Waals surface area contributed by atoms with Gasteiger partial charge in [-0.05, 0) is 19.3 Å². The van der Waals surface area contributed by atoms with Gasteiger partial charge in [0.15, 0.2) is 0 Å². The van der Waals surface area contributed by atoms with Gasteiger partial charge in [0.2, 0.25) is 5.60 Å². The zero-order valence-electron chi connectivity index (χ0n) is 11.9. The molecule has 0 aromatic heterocycles. The lowest BCUT2D eigenvalue weighted by atomic mass is 9.76. The van der Waals surface area contributed by atoms with Crippen molar-refractivity contribution in [2.24, 2.45) is 16.5 Å². The Bertz CT molecular complexity index is 389. The second kappa shape index (κ2) is 5.31. The van der Waals surface area contributed by atoms with Gasteiger partial charge in [0.1, 0.15) is 0 Å². The van der Waals surface area contributed by atoms with Gasteiger partial charge in [-0.15, -0.1) is 11.6 Å². The minimum absolute atomic E-state index is 0.0657. The first-order valence-corrected chi connectivity index (χ1v) is 7.45. The van der Waals surface area contributed by atoms with Crippen molar-refractivity contribution < 1.29 is 14.4 Å².